The van der Waals surface area contributed by atoms with Crippen LogP contribution in [-0.4, -0.2) is 21.5 Å². The summed E-state index contributed by atoms with van der Waals surface area (Å²) in [6.07, 6.45) is 12.0. The lowest BCUT2D eigenvalue weighted by Crippen LogP contribution is -2.34. The molecule has 2 aliphatic carbocycles. The Balaban J connectivity index is 1.49. The third kappa shape index (κ3) is 2.94. The number of pyridine rings is 1. The summed E-state index contributed by atoms with van der Waals surface area (Å²) in [4.78, 5) is 15.9. The van der Waals surface area contributed by atoms with Gasteiger partial charge in [-0.1, -0.05) is 30.8 Å². The van der Waals surface area contributed by atoms with E-state index < -0.39 is 11.8 Å². The molecular weight excluding hydrogens is 378 g/mol. The summed E-state index contributed by atoms with van der Waals surface area (Å²) in [6.45, 7) is 2.81. The maximum absolute atomic E-state index is 15.2. The number of hydrogen-bond donors (Lipinski definition) is 0. The van der Waals surface area contributed by atoms with Crippen molar-refractivity contribution in [3.05, 3.63) is 76.9 Å². The van der Waals surface area contributed by atoms with Crippen LogP contribution in [0.4, 0.5) is 14.6 Å². The van der Waals surface area contributed by atoms with Gasteiger partial charge >= 0.3 is 0 Å². The third-order valence-electron chi connectivity index (χ3n) is 5.40. The summed E-state index contributed by atoms with van der Waals surface area (Å²) >= 11 is 1.50. The van der Waals surface area contributed by atoms with E-state index in [2.05, 4.69) is 32.9 Å². The molecule has 142 valence electrons. The second-order valence-electron chi connectivity index (χ2n) is 7.25. The van der Waals surface area contributed by atoms with E-state index in [9.17, 15) is 0 Å². The summed E-state index contributed by atoms with van der Waals surface area (Å²) in [5.74, 6) is -2.70. The van der Waals surface area contributed by atoms with Crippen molar-refractivity contribution in [1.82, 2.24) is 15.0 Å². The number of aromatic nitrogens is 3. The first-order valence-corrected chi connectivity index (χ1v) is 10.0. The van der Waals surface area contributed by atoms with Crippen LogP contribution in [0.25, 0.3) is 0 Å². The van der Waals surface area contributed by atoms with Gasteiger partial charge in [-0.3, -0.25) is 4.98 Å². The molecule has 0 aromatic carbocycles. The molecule has 0 radical (unpaired) electrons. The number of allylic oxidation sites excluding steroid dienone is 4. The largest absolute Gasteiger partial charge is 0.323 e. The van der Waals surface area contributed by atoms with E-state index in [1.807, 2.05) is 6.08 Å². The Bertz CT molecular complexity index is 1020. The van der Waals surface area contributed by atoms with E-state index in [0.29, 0.717) is 12.5 Å². The number of nitrogens with zero attached hydrogens (tertiary/aromatic N) is 4. The lowest BCUT2D eigenvalue weighted by Gasteiger charge is -2.37. The number of thioether (sulfide) groups is 1. The third-order valence-corrected chi connectivity index (χ3v) is 6.48. The predicted molar refractivity (Wildman–Crippen MR) is 105 cm³/mol. The molecule has 2 aromatic heterocycles. The summed E-state index contributed by atoms with van der Waals surface area (Å²) < 4.78 is 30.4. The fraction of sp³-hybridized carbons (Fsp3) is 0.286. The molecule has 1 aliphatic heterocycles. The van der Waals surface area contributed by atoms with E-state index in [-0.39, 0.29) is 12.0 Å². The minimum absolute atomic E-state index is 0.0533. The first kappa shape index (κ1) is 17.6. The first-order valence-electron chi connectivity index (χ1n) is 9.20. The number of rotatable bonds is 4. The molecule has 7 heteroatoms. The van der Waals surface area contributed by atoms with Crippen LogP contribution in [-0.2, 0) is 5.92 Å². The van der Waals surface area contributed by atoms with Crippen molar-refractivity contribution in [1.29, 1.82) is 0 Å². The fourth-order valence-corrected chi connectivity index (χ4v) is 4.70. The number of alkyl halides is 2. The van der Waals surface area contributed by atoms with Crippen LogP contribution >= 0.6 is 11.8 Å². The van der Waals surface area contributed by atoms with Crippen LogP contribution in [0.15, 0.2) is 76.3 Å². The zero-order chi connectivity index (χ0) is 19.3. The van der Waals surface area contributed by atoms with Gasteiger partial charge in [-0.25, -0.2) is 18.7 Å². The molecule has 0 amide bonds. The van der Waals surface area contributed by atoms with Gasteiger partial charge in [0.1, 0.15) is 5.03 Å². The van der Waals surface area contributed by atoms with Gasteiger partial charge in [-0.05, 0) is 29.7 Å². The molecule has 0 spiro atoms. The van der Waals surface area contributed by atoms with Crippen molar-refractivity contribution in [3.8, 4) is 0 Å². The normalized spacial score (nSPS) is 23.2. The van der Waals surface area contributed by atoms with E-state index >= 15 is 8.78 Å². The van der Waals surface area contributed by atoms with Crippen molar-refractivity contribution in [2.75, 3.05) is 11.4 Å². The van der Waals surface area contributed by atoms with Gasteiger partial charge in [0.05, 0.1) is 5.92 Å². The zero-order valence-corrected chi connectivity index (χ0v) is 16.0. The van der Waals surface area contributed by atoms with Gasteiger partial charge in [0, 0.05) is 53.9 Å². The Kier molecular flexibility index (Phi) is 4.08. The van der Waals surface area contributed by atoms with Crippen molar-refractivity contribution in [3.63, 3.8) is 0 Å². The van der Waals surface area contributed by atoms with Gasteiger partial charge in [-0.2, -0.15) is 0 Å². The number of hydrogen-bond acceptors (Lipinski definition) is 5. The molecule has 2 unspecified atom stereocenters. The van der Waals surface area contributed by atoms with Crippen LogP contribution in [0.1, 0.15) is 18.9 Å². The highest BCUT2D eigenvalue weighted by molar-refractivity contribution is 8.03. The van der Waals surface area contributed by atoms with Crippen molar-refractivity contribution in [2.45, 2.75) is 24.3 Å². The van der Waals surface area contributed by atoms with Gasteiger partial charge < -0.3 is 4.90 Å². The van der Waals surface area contributed by atoms with Gasteiger partial charge in [-0.15, -0.1) is 0 Å². The molecule has 0 bridgehead atoms. The molecule has 4 nitrogen and oxygen atoms in total. The second kappa shape index (κ2) is 6.51. The first-order chi connectivity index (χ1) is 13.5. The molecule has 2 aromatic rings. The van der Waals surface area contributed by atoms with Crippen LogP contribution in [0, 0.1) is 11.8 Å². The average molecular weight is 396 g/mol. The van der Waals surface area contributed by atoms with Crippen molar-refractivity contribution >= 4 is 17.6 Å². The van der Waals surface area contributed by atoms with E-state index in [0.717, 1.165) is 21.4 Å². The monoisotopic (exact) mass is 396 g/mol. The number of fused-ring (bicyclic) bond motifs is 1. The Labute approximate surface area is 166 Å². The Morgan fingerprint density at radius 1 is 1.25 bits per heavy atom. The van der Waals surface area contributed by atoms with E-state index in [1.165, 1.54) is 35.8 Å². The lowest BCUT2D eigenvalue weighted by atomic mass is 9.87. The molecule has 0 N–H and O–H groups in total. The number of anilines is 1. The maximum atomic E-state index is 15.2. The Morgan fingerprint density at radius 2 is 2.07 bits per heavy atom. The zero-order valence-electron chi connectivity index (χ0n) is 15.2. The lowest BCUT2D eigenvalue weighted by molar-refractivity contribution is -0.0477. The smallest absolute Gasteiger partial charge is 0.281 e. The second-order valence-corrected chi connectivity index (χ2v) is 8.28. The molecule has 3 aliphatic rings. The minimum atomic E-state index is -2.99. The highest BCUT2D eigenvalue weighted by Gasteiger charge is 2.44. The fourth-order valence-electron chi connectivity index (χ4n) is 3.67. The van der Waals surface area contributed by atoms with Gasteiger partial charge in [0.25, 0.3) is 5.92 Å². The van der Waals surface area contributed by atoms with Crippen LogP contribution in [0.5, 0.6) is 0 Å². The summed E-state index contributed by atoms with van der Waals surface area (Å²) in [6, 6.07) is 2.99. The summed E-state index contributed by atoms with van der Waals surface area (Å²) in [7, 11) is 0. The maximum Gasteiger partial charge on any atom is 0.281 e. The van der Waals surface area contributed by atoms with Crippen LogP contribution in [0.3, 0.4) is 0 Å². The SMILES string of the molecule is CC1C=C1CN1C2=C(C=CC(C(F)(F)c3cccnc3)C2)Sc2nccnc21. The molecule has 3 heterocycles. The molecule has 5 rings (SSSR count). The van der Waals surface area contributed by atoms with Crippen molar-refractivity contribution < 1.29 is 8.78 Å². The van der Waals surface area contributed by atoms with E-state index in [1.54, 1.807) is 24.5 Å². The number of halogens is 2. The standard InChI is InChI=1S/C21H18F2N4S/c1-13-9-14(13)12-27-17-10-15(21(22,23)16-3-2-6-24-11-16)4-5-18(17)28-20-19(27)25-7-8-26-20/h2-9,11,13,15H,10,12H2,1H3. The predicted octanol–water partition coefficient (Wildman–Crippen LogP) is 4.94. The molecule has 2 atom stereocenters. The van der Waals surface area contributed by atoms with Crippen LogP contribution < -0.4 is 4.90 Å². The molecule has 0 saturated carbocycles. The quantitative estimate of drug-likeness (QED) is 0.685. The Hall–Kier alpha value is -2.54. The summed E-state index contributed by atoms with van der Waals surface area (Å²) in [5.41, 5.74) is 2.15. The highest BCUT2D eigenvalue weighted by Crippen LogP contribution is 2.50. The summed E-state index contributed by atoms with van der Waals surface area (Å²) in [5, 5.41) is 0.817. The average Bonchev–Trinajstić information content (AvgIpc) is 3.42. The molecule has 0 fully saturated rings. The van der Waals surface area contributed by atoms with Gasteiger partial charge in [0.15, 0.2) is 5.82 Å². The van der Waals surface area contributed by atoms with Gasteiger partial charge in [0.2, 0.25) is 0 Å². The molecule has 0 saturated heterocycles. The molecule has 28 heavy (non-hydrogen) atoms. The molecular formula is C21H18F2N4S. The topological polar surface area (TPSA) is 41.9 Å². The van der Waals surface area contributed by atoms with Crippen LogP contribution in [0.2, 0.25) is 0 Å². The minimum Gasteiger partial charge on any atom is -0.323 e. The van der Waals surface area contributed by atoms with E-state index in [4.69, 9.17) is 0 Å². The van der Waals surface area contributed by atoms with Crippen molar-refractivity contribution in [2.24, 2.45) is 11.8 Å². The highest BCUT2D eigenvalue weighted by atomic mass is 32.2. The Morgan fingerprint density at radius 3 is 2.82 bits per heavy atom.